The van der Waals surface area contributed by atoms with Gasteiger partial charge in [-0.05, 0) is 37.5 Å². The van der Waals surface area contributed by atoms with Crippen molar-refractivity contribution in [1.29, 1.82) is 0 Å². The van der Waals surface area contributed by atoms with Crippen LogP contribution in [0.2, 0.25) is 0 Å². The molecule has 2 rings (SSSR count). The van der Waals surface area contributed by atoms with Crippen LogP contribution in [-0.2, 0) is 10.8 Å². The first-order chi connectivity index (χ1) is 7.75. The largest absolute Gasteiger partial charge is 0.307 e. The van der Waals surface area contributed by atoms with Crippen LogP contribution in [0.4, 0.5) is 0 Å². The Kier molecular flexibility index (Phi) is 4.07. The van der Waals surface area contributed by atoms with E-state index in [0.29, 0.717) is 12.1 Å². The molecule has 1 aliphatic rings. The maximum absolute atomic E-state index is 11.2. The normalized spacial score (nSPS) is 27.6. The van der Waals surface area contributed by atoms with E-state index in [9.17, 15) is 4.21 Å². The van der Waals surface area contributed by atoms with E-state index in [1.165, 1.54) is 5.56 Å². The van der Waals surface area contributed by atoms with E-state index in [4.69, 9.17) is 0 Å². The molecule has 0 spiro atoms. The van der Waals surface area contributed by atoms with E-state index >= 15 is 0 Å². The van der Waals surface area contributed by atoms with Gasteiger partial charge in [-0.25, -0.2) is 0 Å². The first-order valence-corrected chi connectivity index (χ1v) is 7.25. The molecule has 1 N–H and O–H groups in total. The fraction of sp³-hybridized carbons (Fsp3) is 0.583. The summed E-state index contributed by atoms with van der Waals surface area (Å²) >= 11 is 0. The molecule has 0 saturated carbocycles. The standard InChI is InChI=1S/C12H18N2OS/c1-10(11-2-6-13-7-3-11)14-12-4-8-16(15)9-5-12/h2-3,6-7,10,12,14H,4-5,8-9H2,1H3/t10-,12?,16?/m1/s1. The third kappa shape index (κ3) is 3.12. The molecule has 1 saturated heterocycles. The van der Waals surface area contributed by atoms with Crippen LogP contribution in [0.1, 0.15) is 31.4 Å². The highest BCUT2D eigenvalue weighted by atomic mass is 32.2. The van der Waals surface area contributed by atoms with Crippen molar-refractivity contribution in [3.05, 3.63) is 30.1 Å². The van der Waals surface area contributed by atoms with Gasteiger partial charge < -0.3 is 5.32 Å². The molecule has 0 aliphatic carbocycles. The van der Waals surface area contributed by atoms with Crippen molar-refractivity contribution in [1.82, 2.24) is 10.3 Å². The Morgan fingerprint density at radius 1 is 1.38 bits per heavy atom. The fourth-order valence-electron chi connectivity index (χ4n) is 2.06. The van der Waals surface area contributed by atoms with E-state index in [1.54, 1.807) is 0 Å². The summed E-state index contributed by atoms with van der Waals surface area (Å²) in [6.07, 6.45) is 5.71. The number of hydrogen-bond donors (Lipinski definition) is 1. The summed E-state index contributed by atoms with van der Waals surface area (Å²) < 4.78 is 11.2. The predicted molar refractivity (Wildman–Crippen MR) is 66.7 cm³/mol. The molecule has 2 heterocycles. The third-order valence-electron chi connectivity index (χ3n) is 3.08. The lowest BCUT2D eigenvalue weighted by molar-refractivity contribution is 0.427. The van der Waals surface area contributed by atoms with Crippen LogP contribution in [-0.4, -0.2) is 26.7 Å². The van der Waals surface area contributed by atoms with Gasteiger partial charge in [0.25, 0.3) is 0 Å². The minimum Gasteiger partial charge on any atom is -0.307 e. The molecule has 0 unspecified atom stereocenters. The SMILES string of the molecule is C[C@@H](NC1CCS(=O)CC1)c1ccncc1. The number of aromatic nitrogens is 1. The van der Waals surface area contributed by atoms with Crippen LogP contribution in [0.3, 0.4) is 0 Å². The van der Waals surface area contributed by atoms with Crippen LogP contribution < -0.4 is 5.32 Å². The number of pyridine rings is 1. The van der Waals surface area contributed by atoms with Crippen LogP contribution in [0.5, 0.6) is 0 Å². The fourth-order valence-corrected chi connectivity index (χ4v) is 3.36. The summed E-state index contributed by atoms with van der Waals surface area (Å²) in [4.78, 5) is 4.02. The van der Waals surface area contributed by atoms with Crippen molar-refractivity contribution >= 4 is 10.8 Å². The average Bonchev–Trinajstić information content (AvgIpc) is 2.33. The maximum atomic E-state index is 11.2. The molecule has 1 aromatic heterocycles. The van der Waals surface area contributed by atoms with Gasteiger partial charge in [-0.2, -0.15) is 0 Å². The summed E-state index contributed by atoms with van der Waals surface area (Å²) in [6.45, 7) is 2.17. The Balaban J connectivity index is 1.88. The molecule has 88 valence electrons. The van der Waals surface area contributed by atoms with Gasteiger partial charge >= 0.3 is 0 Å². The van der Waals surface area contributed by atoms with Crippen molar-refractivity contribution < 1.29 is 4.21 Å². The third-order valence-corrected chi connectivity index (χ3v) is 4.46. The van der Waals surface area contributed by atoms with Gasteiger partial charge in [0.2, 0.25) is 0 Å². The molecule has 4 heteroatoms. The highest BCUT2D eigenvalue weighted by Crippen LogP contribution is 2.16. The van der Waals surface area contributed by atoms with E-state index in [2.05, 4.69) is 17.2 Å². The highest BCUT2D eigenvalue weighted by molar-refractivity contribution is 7.85. The monoisotopic (exact) mass is 238 g/mol. The van der Waals surface area contributed by atoms with Gasteiger partial charge in [0.15, 0.2) is 0 Å². The summed E-state index contributed by atoms with van der Waals surface area (Å²) in [6, 6.07) is 4.94. The average molecular weight is 238 g/mol. The zero-order chi connectivity index (χ0) is 11.4. The predicted octanol–water partition coefficient (Wildman–Crippen LogP) is 1.64. The Bertz CT molecular complexity index is 345. The van der Waals surface area contributed by atoms with E-state index in [1.807, 2.05) is 24.5 Å². The van der Waals surface area contributed by atoms with E-state index in [0.717, 1.165) is 24.3 Å². The number of nitrogens with one attached hydrogen (secondary N) is 1. The van der Waals surface area contributed by atoms with Crippen molar-refractivity contribution in [2.75, 3.05) is 11.5 Å². The summed E-state index contributed by atoms with van der Waals surface area (Å²) in [5.74, 6) is 1.70. The molecule has 1 aliphatic heterocycles. The van der Waals surface area contributed by atoms with Crippen LogP contribution in [0.15, 0.2) is 24.5 Å². The molecule has 16 heavy (non-hydrogen) atoms. The topological polar surface area (TPSA) is 42.0 Å². The van der Waals surface area contributed by atoms with Gasteiger partial charge in [0.1, 0.15) is 0 Å². The molecule has 0 bridgehead atoms. The quantitative estimate of drug-likeness (QED) is 0.870. The van der Waals surface area contributed by atoms with Crippen LogP contribution in [0, 0.1) is 0 Å². The summed E-state index contributed by atoms with van der Waals surface area (Å²) in [5, 5.41) is 3.59. The molecular formula is C12H18N2OS. The smallest absolute Gasteiger partial charge is 0.0295 e. The Morgan fingerprint density at radius 3 is 2.62 bits per heavy atom. The van der Waals surface area contributed by atoms with Gasteiger partial charge in [-0.15, -0.1) is 0 Å². The first-order valence-electron chi connectivity index (χ1n) is 5.76. The summed E-state index contributed by atoms with van der Waals surface area (Å²) in [7, 11) is -0.570. The highest BCUT2D eigenvalue weighted by Gasteiger charge is 2.19. The second-order valence-electron chi connectivity index (χ2n) is 4.29. The molecule has 1 fully saturated rings. The van der Waals surface area contributed by atoms with Crippen molar-refractivity contribution in [2.24, 2.45) is 0 Å². The Hall–Kier alpha value is -0.740. The Morgan fingerprint density at radius 2 is 2.00 bits per heavy atom. The Labute approximate surface area is 99.1 Å². The second kappa shape index (κ2) is 5.55. The minimum absolute atomic E-state index is 0.347. The maximum Gasteiger partial charge on any atom is 0.0295 e. The second-order valence-corrected chi connectivity index (χ2v) is 5.99. The molecule has 0 aromatic carbocycles. The number of rotatable bonds is 3. The van der Waals surface area contributed by atoms with Crippen LogP contribution >= 0.6 is 0 Å². The zero-order valence-corrected chi connectivity index (χ0v) is 10.4. The number of hydrogen-bond acceptors (Lipinski definition) is 3. The van der Waals surface area contributed by atoms with E-state index < -0.39 is 10.8 Å². The first kappa shape index (κ1) is 11.7. The van der Waals surface area contributed by atoms with Gasteiger partial charge in [0.05, 0.1) is 0 Å². The molecule has 1 aromatic rings. The lowest BCUT2D eigenvalue weighted by atomic mass is 10.1. The molecule has 1 atom stereocenters. The van der Waals surface area contributed by atoms with Crippen LogP contribution in [0.25, 0.3) is 0 Å². The lowest BCUT2D eigenvalue weighted by Gasteiger charge is -2.26. The van der Waals surface area contributed by atoms with Gasteiger partial charge in [-0.1, -0.05) is 0 Å². The van der Waals surface area contributed by atoms with Gasteiger partial charge in [-0.3, -0.25) is 9.19 Å². The minimum atomic E-state index is -0.570. The molecule has 3 nitrogen and oxygen atoms in total. The van der Waals surface area contributed by atoms with Gasteiger partial charge in [0, 0.05) is 46.8 Å². The van der Waals surface area contributed by atoms with Crippen molar-refractivity contribution in [3.63, 3.8) is 0 Å². The van der Waals surface area contributed by atoms with Crippen molar-refractivity contribution in [3.8, 4) is 0 Å². The zero-order valence-electron chi connectivity index (χ0n) is 9.56. The van der Waals surface area contributed by atoms with E-state index in [-0.39, 0.29) is 0 Å². The van der Waals surface area contributed by atoms with Crippen molar-refractivity contribution in [2.45, 2.75) is 31.8 Å². The summed E-state index contributed by atoms with van der Waals surface area (Å²) in [5.41, 5.74) is 1.27. The lowest BCUT2D eigenvalue weighted by Crippen LogP contribution is -2.37. The molecule has 0 radical (unpaired) electrons. The molecular weight excluding hydrogens is 220 g/mol. The molecule has 0 amide bonds. The number of nitrogens with zero attached hydrogens (tertiary/aromatic N) is 1.